The van der Waals surface area contributed by atoms with Crippen LogP contribution in [0.1, 0.15) is 44.9 Å². The molecule has 136 valence electrons. The van der Waals surface area contributed by atoms with Gasteiger partial charge in [0.15, 0.2) is 0 Å². The van der Waals surface area contributed by atoms with Gasteiger partial charge in [0.2, 0.25) is 0 Å². The van der Waals surface area contributed by atoms with Gasteiger partial charge in [-0.1, -0.05) is 12.1 Å². The van der Waals surface area contributed by atoms with Gasteiger partial charge in [-0.2, -0.15) is 5.10 Å². The van der Waals surface area contributed by atoms with Gasteiger partial charge in [0, 0.05) is 40.7 Å². The molecule has 1 fully saturated rings. The molecule has 0 aliphatic carbocycles. The second-order valence-corrected chi connectivity index (χ2v) is 7.28. The molecule has 27 heavy (non-hydrogen) atoms. The number of anilines is 2. The van der Waals surface area contributed by atoms with Gasteiger partial charge in [-0.3, -0.25) is 14.7 Å². The van der Waals surface area contributed by atoms with Crippen molar-refractivity contribution >= 4 is 34.0 Å². The Morgan fingerprint density at radius 2 is 1.67 bits per heavy atom. The Hall–Kier alpha value is -3.15. The summed E-state index contributed by atoms with van der Waals surface area (Å²) in [4.78, 5) is 30.2. The predicted molar refractivity (Wildman–Crippen MR) is 105 cm³/mol. The van der Waals surface area contributed by atoms with Crippen LogP contribution in [0.3, 0.4) is 0 Å². The number of aromatic nitrogens is 2. The van der Waals surface area contributed by atoms with Crippen molar-refractivity contribution in [3.8, 4) is 0 Å². The lowest BCUT2D eigenvalue weighted by atomic mass is 9.92. The summed E-state index contributed by atoms with van der Waals surface area (Å²) in [5, 5.41) is 8.77. The van der Waals surface area contributed by atoms with Crippen molar-refractivity contribution < 1.29 is 9.59 Å². The third-order valence-corrected chi connectivity index (χ3v) is 5.64. The number of carbonyl (C=O) groups excluding carboxylic acids is 2. The number of nitrogens with one attached hydrogen (secondary N) is 1. The number of benzene rings is 2. The number of aromatic amines is 1. The molecule has 0 unspecified atom stereocenters. The highest BCUT2D eigenvalue weighted by molar-refractivity contribution is 6.36. The van der Waals surface area contributed by atoms with Crippen molar-refractivity contribution in [2.24, 2.45) is 0 Å². The molecule has 1 saturated heterocycles. The standard InChI is InChI=1S/C21H20N4O2/c1-12-19(13(2)23-22-12)25-20(26)15-7-5-6-14-17(24-10-3-4-11-24)9-8-16(18(14)15)21(25)27/h5-9H,3-4,10-11H2,1-2H3,(H,22,23). The molecular weight excluding hydrogens is 340 g/mol. The summed E-state index contributed by atoms with van der Waals surface area (Å²) in [5.74, 6) is -0.575. The Labute approximate surface area is 156 Å². The molecule has 0 bridgehead atoms. The van der Waals surface area contributed by atoms with Crippen molar-refractivity contribution in [2.75, 3.05) is 22.9 Å². The predicted octanol–water partition coefficient (Wildman–Crippen LogP) is 3.58. The maximum Gasteiger partial charge on any atom is 0.266 e. The van der Waals surface area contributed by atoms with Gasteiger partial charge in [-0.15, -0.1) is 0 Å². The lowest BCUT2D eigenvalue weighted by Crippen LogP contribution is -2.41. The molecule has 0 radical (unpaired) electrons. The fourth-order valence-corrected chi connectivity index (χ4v) is 4.39. The van der Waals surface area contributed by atoms with Crippen LogP contribution in [-0.4, -0.2) is 35.1 Å². The first-order valence-corrected chi connectivity index (χ1v) is 9.29. The van der Waals surface area contributed by atoms with E-state index in [9.17, 15) is 9.59 Å². The minimum atomic E-state index is -0.288. The fraction of sp³-hybridized carbons (Fsp3) is 0.286. The number of imide groups is 1. The summed E-state index contributed by atoms with van der Waals surface area (Å²) in [6, 6.07) is 9.62. The van der Waals surface area contributed by atoms with E-state index in [2.05, 4.69) is 15.1 Å². The van der Waals surface area contributed by atoms with Gasteiger partial charge in [-0.05, 0) is 44.9 Å². The van der Waals surface area contributed by atoms with Crippen LogP contribution >= 0.6 is 0 Å². The average molecular weight is 360 g/mol. The highest BCUT2D eigenvalue weighted by Gasteiger charge is 2.37. The number of hydrogen-bond donors (Lipinski definition) is 1. The minimum absolute atomic E-state index is 0.288. The molecule has 0 spiro atoms. The van der Waals surface area contributed by atoms with Crippen molar-refractivity contribution in [3.63, 3.8) is 0 Å². The van der Waals surface area contributed by atoms with E-state index in [0.717, 1.165) is 29.5 Å². The summed E-state index contributed by atoms with van der Waals surface area (Å²) >= 11 is 0. The van der Waals surface area contributed by atoms with E-state index in [1.54, 1.807) is 6.92 Å². The molecule has 3 heterocycles. The first kappa shape index (κ1) is 16.1. The van der Waals surface area contributed by atoms with Crippen LogP contribution in [0.2, 0.25) is 0 Å². The van der Waals surface area contributed by atoms with E-state index in [4.69, 9.17) is 0 Å². The van der Waals surface area contributed by atoms with Gasteiger partial charge in [0.05, 0.1) is 17.1 Å². The Bertz CT molecular complexity index is 1070. The SMILES string of the molecule is Cc1n[nH]c(C)c1N1C(=O)c2cccc3c(N4CCCC4)ccc(c23)C1=O. The van der Waals surface area contributed by atoms with Gasteiger partial charge in [0.1, 0.15) is 0 Å². The number of hydrogen-bond acceptors (Lipinski definition) is 4. The van der Waals surface area contributed by atoms with E-state index in [-0.39, 0.29) is 11.8 Å². The van der Waals surface area contributed by atoms with Gasteiger partial charge < -0.3 is 4.90 Å². The Morgan fingerprint density at radius 3 is 2.33 bits per heavy atom. The van der Waals surface area contributed by atoms with E-state index in [1.165, 1.54) is 17.7 Å². The number of rotatable bonds is 2. The Kier molecular flexibility index (Phi) is 3.37. The molecule has 0 atom stereocenters. The molecular formula is C21H20N4O2. The van der Waals surface area contributed by atoms with Crippen LogP contribution in [0.5, 0.6) is 0 Å². The van der Waals surface area contributed by atoms with Crippen molar-refractivity contribution in [1.82, 2.24) is 10.2 Å². The van der Waals surface area contributed by atoms with Crippen LogP contribution in [0.15, 0.2) is 30.3 Å². The molecule has 6 heteroatoms. The van der Waals surface area contributed by atoms with Crippen molar-refractivity contribution in [1.29, 1.82) is 0 Å². The fourth-order valence-electron chi connectivity index (χ4n) is 4.39. The lowest BCUT2D eigenvalue weighted by Gasteiger charge is -2.29. The highest BCUT2D eigenvalue weighted by Crippen LogP contribution is 2.39. The molecule has 3 aromatic rings. The summed E-state index contributed by atoms with van der Waals surface area (Å²) in [6.07, 6.45) is 2.35. The maximum absolute atomic E-state index is 13.3. The summed E-state index contributed by atoms with van der Waals surface area (Å²) in [6.45, 7) is 5.65. The summed E-state index contributed by atoms with van der Waals surface area (Å²) in [5.41, 5.74) is 4.15. The van der Waals surface area contributed by atoms with Crippen LogP contribution in [0.25, 0.3) is 10.8 Å². The quantitative estimate of drug-likeness (QED) is 0.709. The number of amides is 2. The third kappa shape index (κ3) is 2.16. The molecule has 6 nitrogen and oxygen atoms in total. The van der Waals surface area contributed by atoms with Gasteiger partial charge in [-0.25, -0.2) is 4.90 Å². The molecule has 2 aliphatic rings. The molecule has 2 amide bonds. The molecule has 1 N–H and O–H groups in total. The van der Waals surface area contributed by atoms with Crippen LogP contribution in [0.4, 0.5) is 11.4 Å². The number of carbonyl (C=O) groups is 2. The minimum Gasteiger partial charge on any atom is -0.371 e. The average Bonchev–Trinajstić information content (AvgIpc) is 3.31. The van der Waals surface area contributed by atoms with E-state index < -0.39 is 0 Å². The zero-order chi connectivity index (χ0) is 18.7. The van der Waals surface area contributed by atoms with E-state index in [0.29, 0.717) is 28.2 Å². The van der Waals surface area contributed by atoms with Gasteiger partial charge >= 0.3 is 0 Å². The molecule has 0 saturated carbocycles. The first-order valence-electron chi connectivity index (χ1n) is 9.29. The number of nitrogens with zero attached hydrogens (tertiary/aromatic N) is 3. The smallest absolute Gasteiger partial charge is 0.266 e. The number of H-pyrrole nitrogens is 1. The highest BCUT2D eigenvalue weighted by atomic mass is 16.2. The molecule has 1 aromatic heterocycles. The first-order chi connectivity index (χ1) is 13.1. The van der Waals surface area contributed by atoms with Crippen LogP contribution in [0, 0.1) is 13.8 Å². The van der Waals surface area contributed by atoms with E-state index >= 15 is 0 Å². The largest absolute Gasteiger partial charge is 0.371 e. The van der Waals surface area contributed by atoms with Crippen LogP contribution in [-0.2, 0) is 0 Å². The normalized spacial score (nSPS) is 16.7. The lowest BCUT2D eigenvalue weighted by molar-refractivity contribution is 0.0893. The second-order valence-electron chi connectivity index (χ2n) is 7.28. The van der Waals surface area contributed by atoms with Gasteiger partial charge in [0.25, 0.3) is 11.8 Å². The van der Waals surface area contributed by atoms with E-state index in [1.807, 2.05) is 37.3 Å². The third-order valence-electron chi connectivity index (χ3n) is 5.64. The topological polar surface area (TPSA) is 69.3 Å². The molecule has 5 rings (SSSR count). The monoisotopic (exact) mass is 360 g/mol. The second kappa shape index (κ2) is 5.67. The zero-order valence-electron chi connectivity index (χ0n) is 15.4. The summed E-state index contributed by atoms with van der Waals surface area (Å²) in [7, 11) is 0. The Balaban J connectivity index is 1.75. The maximum atomic E-state index is 13.3. The molecule has 2 aromatic carbocycles. The molecule has 2 aliphatic heterocycles. The van der Waals surface area contributed by atoms with Crippen LogP contribution < -0.4 is 9.80 Å². The Morgan fingerprint density at radius 1 is 0.963 bits per heavy atom. The summed E-state index contributed by atoms with van der Waals surface area (Å²) < 4.78 is 0. The number of aryl methyl sites for hydroxylation is 2. The zero-order valence-corrected chi connectivity index (χ0v) is 15.4. The van der Waals surface area contributed by atoms with Crippen molar-refractivity contribution in [3.05, 3.63) is 52.8 Å². The van der Waals surface area contributed by atoms with Crippen molar-refractivity contribution in [2.45, 2.75) is 26.7 Å².